The number of hydrogen-bond acceptors (Lipinski definition) is 6. The van der Waals surface area contributed by atoms with Crippen molar-refractivity contribution in [2.45, 2.75) is 51.2 Å². The third-order valence-corrected chi connectivity index (χ3v) is 6.18. The van der Waals surface area contributed by atoms with E-state index in [1.165, 1.54) is 0 Å². The van der Waals surface area contributed by atoms with E-state index in [0.29, 0.717) is 25.8 Å². The number of ether oxygens (including phenoxy) is 2. The van der Waals surface area contributed by atoms with E-state index in [4.69, 9.17) is 4.74 Å². The van der Waals surface area contributed by atoms with E-state index in [9.17, 15) is 31.1 Å². The maximum Gasteiger partial charge on any atom is 0.430 e. The van der Waals surface area contributed by atoms with Gasteiger partial charge in [-0.15, -0.1) is 0 Å². The maximum atomic E-state index is 13.8. The smallest absolute Gasteiger partial charge is 0.430 e. The van der Waals surface area contributed by atoms with E-state index in [1.807, 2.05) is 13.8 Å². The van der Waals surface area contributed by atoms with Crippen molar-refractivity contribution in [3.63, 3.8) is 0 Å². The van der Waals surface area contributed by atoms with Crippen LogP contribution in [0.4, 0.5) is 42.8 Å². The minimum absolute atomic E-state index is 0.0317. The topological polar surface area (TPSA) is 76.6 Å². The molecule has 2 aliphatic heterocycles. The fourth-order valence-corrected chi connectivity index (χ4v) is 4.44. The Hall–Kier alpha value is -3.09. The average Bonchev–Trinajstić information content (AvgIpc) is 3.23. The molecule has 1 amide bonds. The number of halogens is 6. The lowest BCUT2D eigenvalue weighted by Crippen LogP contribution is -2.34. The first-order chi connectivity index (χ1) is 16.9. The molecule has 1 fully saturated rings. The van der Waals surface area contributed by atoms with Crippen molar-refractivity contribution in [1.29, 1.82) is 0 Å². The first-order valence-electron chi connectivity index (χ1n) is 11.4. The number of amides is 1. The third-order valence-electron chi connectivity index (χ3n) is 6.18. The van der Waals surface area contributed by atoms with Gasteiger partial charge in [-0.05, 0) is 31.0 Å². The van der Waals surface area contributed by atoms with E-state index >= 15 is 0 Å². The van der Waals surface area contributed by atoms with Crippen LogP contribution in [0.5, 0.6) is 0 Å². The molecule has 0 radical (unpaired) electrons. The molecule has 1 saturated heterocycles. The van der Waals surface area contributed by atoms with Crippen molar-refractivity contribution in [2.75, 3.05) is 29.9 Å². The Morgan fingerprint density at radius 3 is 2.56 bits per heavy atom. The van der Waals surface area contributed by atoms with Crippen molar-refractivity contribution >= 4 is 17.7 Å². The molecular formula is C23H24F6N4O3. The summed E-state index contributed by atoms with van der Waals surface area (Å²) >= 11 is 0. The van der Waals surface area contributed by atoms with Gasteiger partial charge >= 0.3 is 18.4 Å². The van der Waals surface area contributed by atoms with Crippen LogP contribution in [0.3, 0.4) is 0 Å². The van der Waals surface area contributed by atoms with Gasteiger partial charge in [0.25, 0.3) is 0 Å². The number of anilines is 2. The molecule has 7 nitrogen and oxygen atoms in total. The molecular weight excluding hydrogens is 494 g/mol. The van der Waals surface area contributed by atoms with Crippen LogP contribution in [0.15, 0.2) is 24.4 Å². The highest BCUT2D eigenvalue weighted by Crippen LogP contribution is 2.46. The van der Waals surface area contributed by atoms with Gasteiger partial charge in [0.1, 0.15) is 11.6 Å². The van der Waals surface area contributed by atoms with Gasteiger partial charge in [0, 0.05) is 37.4 Å². The summed E-state index contributed by atoms with van der Waals surface area (Å²) < 4.78 is 93.1. The molecule has 196 valence electrons. The van der Waals surface area contributed by atoms with Gasteiger partial charge in [-0.3, -0.25) is 5.32 Å². The number of alkyl halides is 6. The number of carbonyl (C=O) groups excluding carboxylic acids is 1. The Labute approximate surface area is 202 Å². The average molecular weight is 518 g/mol. The van der Waals surface area contributed by atoms with E-state index in [1.54, 1.807) is 4.90 Å². The second kappa shape index (κ2) is 9.75. The van der Waals surface area contributed by atoms with Gasteiger partial charge in [-0.25, -0.2) is 14.8 Å². The Balaban J connectivity index is 1.82. The second-order valence-corrected chi connectivity index (χ2v) is 8.65. The summed E-state index contributed by atoms with van der Waals surface area (Å²) in [6.45, 7) is 5.09. The van der Waals surface area contributed by atoms with Crippen molar-refractivity contribution in [3.8, 4) is 11.3 Å². The number of carbonyl (C=O) groups is 1. The molecule has 4 heterocycles. The summed E-state index contributed by atoms with van der Waals surface area (Å²) in [6.07, 6.45) is -11.5. The highest BCUT2D eigenvalue weighted by atomic mass is 19.4. The van der Waals surface area contributed by atoms with E-state index in [2.05, 4.69) is 20.0 Å². The van der Waals surface area contributed by atoms with Crippen LogP contribution in [0.1, 0.15) is 43.9 Å². The molecule has 3 atom stereocenters. The number of rotatable bonds is 6. The number of nitrogens with zero attached hydrogens (tertiary/aromatic N) is 3. The Morgan fingerprint density at radius 1 is 1.17 bits per heavy atom. The molecule has 0 aromatic carbocycles. The molecule has 36 heavy (non-hydrogen) atoms. The van der Waals surface area contributed by atoms with E-state index in [0.717, 1.165) is 31.2 Å². The van der Waals surface area contributed by atoms with Crippen molar-refractivity contribution in [1.82, 2.24) is 9.97 Å². The Morgan fingerprint density at radius 2 is 1.92 bits per heavy atom. The fourth-order valence-electron chi connectivity index (χ4n) is 4.44. The number of aromatic nitrogens is 2. The third kappa shape index (κ3) is 5.20. The highest BCUT2D eigenvalue weighted by molar-refractivity contribution is 5.89. The van der Waals surface area contributed by atoms with E-state index < -0.39 is 41.5 Å². The summed E-state index contributed by atoms with van der Waals surface area (Å²) in [6, 6.07) is 2.68. The van der Waals surface area contributed by atoms with E-state index in [-0.39, 0.29) is 29.1 Å². The highest BCUT2D eigenvalue weighted by Gasteiger charge is 2.49. The van der Waals surface area contributed by atoms with Gasteiger partial charge in [-0.1, -0.05) is 13.8 Å². The summed E-state index contributed by atoms with van der Waals surface area (Å²) in [7, 11) is 0. The van der Waals surface area contributed by atoms with Crippen LogP contribution < -0.4 is 10.2 Å². The van der Waals surface area contributed by atoms with Crippen molar-refractivity contribution in [2.24, 2.45) is 5.92 Å². The molecule has 0 aliphatic carbocycles. The monoisotopic (exact) mass is 518 g/mol. The first-order valence-corrected chi connectivity index (χ1v) is 11.4. The maximum absolute atomic E-state index is 13.8. The van der Waals surface area contributed by atoms with Gasteiger partial charge in [0.15, 0.2) is 0 Å². The Bertz CT molecular complexity index is 1120. The Kier molecular flexibility index (Phi) is 7.04. The molecule has 2 aromatic heterocycles. The SMILES string of the molecule is CCCOC1CN(c2cc(C(F)(F)F)cc(-c3ccnc4c3C(C(F)(F)F)OC(=O)N4)n2)CC1CC. The molecule has 2 aromatic rings. The standard InChI is InChI=1S/C23H24F6N4O3/c1-3-7-35-16-11-33(10-12(16)4-2)17-9-13(22(24,25)26)8-15(31-17)14-5-6-30-20-18(14)19(23(27,28)29)36-21(34)32-20/h5-6,8-9,12,16,19H,3-4,7,10-11H2,1-2H3,(H,30,32,34). The van der Waals surface area contributed by atoms with Gasteiger partial charge in [0.2, 0.25) is 6.10 Å². The normalized spacial score (nSPS) is 22.3. The lowest BCUT2D eigenvalue weighted by molar-refractivity contribution is -0.206. The summed E-state index contributed by atoms with van der Waals surface area (Å²) in [4.78, 5) is 21.4. The predicted molar refractivity (Wildman–Crippen MR) is 117 cm³/mol. The zero-order chi connectivity index (χ0) is 26.3. The van der Waals surface area contributed by atoms with Gasteiger partial charge < -0.3 is 14.4 Å². The van der Waals surface area contributed by atoms with Crippen LogP contribution in [0.25, 0.3) is 11.3 Å². The van der Waals surface area contributed by atoms with Crippen LogP contribution in [0.2, 0.25) is 0 Å². The number of pyridine rings is 2. The van der Waals surface area contributed by atoms with Crippen LogP contribution in [-0.2, 0) is 15.7 Å². The summed E-state index contributed by atoms with van der Waals surface area (Å²) in [5.41, 5.74) is -2.30. The van der Waals surface area contributed by atoms with Gasteiger partial charge in [-0.2, -0.15) is 26.3 Å². The largest absolute Gasteiger partial charge is 0.431 e. The molecule has 0 bridgehead atoms. The zero-order valence-corrected chi connectivity index (χ0v) is 19.4. The molecule has 4 rings (SSSR count). The number of cyclic esters (lactones) is 1. The molecule has 0 saturated carbocycles. The first kappa shape index (κ1) is 26.0. The summed E-state index contributed by atoms with van der Waals surface area (Å²) in [5.74, 6) is -0.425. The zero-order valence-electron chi connectivity index (χ0n) is 19.4. The summed E-state index contributed by atoms with van der Waals surface area (Å²) in [5, 5.41) is 2.08. The van der Waals surface area contributed by atoms with Gasteiger partial charge in [0.05, 0.1) is 22.9 Å². The van der Waals surface area contributed by atoms with Crippen molar-refractivity contribution in [3.05, 3.63) is 35.5 Å². The lowest BCUT2D eigenvalue weighted by atomic mass is 9.98. The lowest BCUT2D eigenvalue weighted by Gasteiger charge is -2.29. The minimum Gasteiger partial charge on any atom is -0.431 e. The van der Waals surface area contributed by atoms with Crippen LogP contribution in [-0.4, -0.2) is 48.0 Å². The molecule has 1 N–H and O–H groups in total. The van der Waals surface area contributed by atoms with Crippen LogP contribution in [0, 0.1) is 5.92 Å². The molecule has 3 unspecified atom stereocenters. The number of hydrogen-bond donors (Lipinski definition) is 1. The van der Waals surface area contributed by atoms with Crippen LogP contribution >= 0.6 is 0 Å². The minimum atomic E-state index is -5.03. The second-order valence-electron chi connectivity index (χ2n) is 8.65. The molecule has 13 heteroatoms. The fraction of sp³-hybridized carbons (Fsp3) is 0.522. The van der Waals surface area contributed by atoms with Crippen molar-refractivity contribution < 1.29 is 40.6 Å². The predicted octanol–water partition coefficient (Wildman–Crippen LogP) is 5.97. The number of fused-ring (bicyclic) bond motifs is 1. The molecule has 0 spiro atoms. The quantitative estimate of drug-likeness (QED) is 0.475. The molecule has 2 aliphatic rings. The number of nitrogens with one attached hydrogen (secondary N) is 1.